The Hall–Kier alpha value is 3.04. The number of halogens is 1. The van der Waals surface area contributed by atoms with E-state index in [1.165, 1.54) is 0 Å². The number of hydrogen-bond acceptors (Lipinski definition) is 1. The molecule has 0 aromatic heterocycles. The van der Waals surface area contributed by atoms with Gasteiger partial charge in [0.15, 0.2) is 0 Å². The van der Waals surface area contributed by atoms with Crippen LogP contribution < -0.4 is 93.3 Å². The molecule has 42 valence electrons. The van der Waals surface area contributed by atoms with Crippen molar-refractivity contribution in [2.45, 2.75) is 0 Å². The zero-order valence-electron chi connectivity index (χ0n) is 5.58. The minimum absolute atomic E-state index is 0. The summed E-state index contributed by atoms with van der Waals surface area (Å²) in [6, 6.07) is 0. The standard InChI is InChI=1S/ClH.K.Na.H3O4P.H/c;;;1-5(2,3)4;/h1H;;;(H3,1,2,3,4);/q;2*+1;;-1/p-1. The Kier molecular flexibility index (Phi) is 28.2. The second-order valence-corrected chi connectivity index (χ2v) is 1.54. The van der Waals surface area contributed by atoms with Gasteiger partial charge in [-0.25, -0.2) is 4.57 Å². The second kappa shape index (κ2) is 10.0. The van der Waals surface area contributed by atoms with Crippen LogP contribution in [-0.2, 0) is 4.57 Å². The molecule has 0 aliphatic heterocycles. The summed E-state index contributed by atoms with van der Waals surface area (Å²) in [5.41, 5.74) is 0. The molecular formula is H4ClKNaO4P. The van der Waals surface area contributed by atoms with Crippen LogP contribution in [0.2, 0.25) is 0 Å². The minimum atomic E-state index is -4.64. The van der Waals surface area contributed by atoms with Crippen molar-refractivity contribution in [3.05, 3.63) is 0 Å². The van der Waals surface area contributed by atoms with Crippen molar-refractivity contribution in [1.29, 1.82) is 0 Å². The van der Waals surface area contributed by atoms with Crippen molar-refractivity contribution < 1.29 is 114 Å². The summed E-state index contributed by atoms with van der Waals surface area (Å²) >= 11 is 0. The SMILES string of the molecule is O=P(O)(O)O.[Cl-].[H-].[K+].[Na+]. The Morgan fingerprint density at radius 3 is 1.25 bits per heavy atom. The molecule has 8 heteroatoms. The van der Waals surface area contributed by atoms with E-state index in [4.69, 9.17) is 19.2 Å². The molecule has 0 aromatic carbocycles. The Labute approximate surface area is 119 Å². The Morgan fingerprint density at radius 1 is 1.25 bits per heavy atom. The molecule has 0 aromatic rings. The molecule has 3 N–H and O–H groups in total. The third-order valence-electron chi connectivity index (χ3n) is 0. The van der Waals surface area contributed by atoms with Crippen molar-refractivity contribution in [2.24, 2.45) is 0 Å². The Morgan fingerprint density at radius 2 is 1.25 bits per heavy atom. The molecular weight excluding hydrogens is 193 g/mol. The molecule has 0 fully saturated rings. The van der Waals surface area contributed by atoms with Gasteiger partial charge in [0.25, 0.3) is 0 Å². The fraction of sp³-hybridized carbons (Fsp3) is 0. The molecule has 0 spiro atoms. The van der Waals surface area contributed by atoms with E-state index in [2.05, 4.69) is 0 Å². The quantitative estimate of drug-likeness (QED) is 0.266. The molecule has 0 saturated carbocycles. The zero-order valence-corrected chi connectivity index (χ0v) is 11.3. The predicted molar refractivity (Wildman–Crippen MR) is 15.4 cm³/mol. The van der Waals surface area contributed by atoms with Crippen LogP contribution in [0, 0.1) is 0 Å². The number of phosphoric acid groups is 1. The van der Waals surface area contributed by atoms with Crippen LogP contribution in [0.4, 0.5) is 0 Å². The topological polar surface area (TPSA) is 77.8 Å². The van der Waals surface area contributed by atoms with Gasteiger partial charge in [-0.15, -0.1) is 0 Å². The smallest absolute Gasteiger partial charge is 1.00 e. The maximum atomic E-state index is 8.88. The first kappa shape index (κ1) is 22.5. The van der Waals surface area contributed by atoms with E-state index in [0.29, 0.717) is 0 Å². The van der Waals surface area contributed by atoms with Gasteiger partial charge in [0.05, 0.1) is 0 Å². The van der Waals surface area contributed by atoms with Crippen molar-refractivity contribution in [3.63, 3.8) is 0 Å². The first-order valence-electron chi connectivity index (χ1n) is 0.783. The average molecular weight is 197 g/mol. The Balaban J connectivity index is -0.0000000133. The molecule has 4 nitrogen and oxygen atoms in total. The van der Waals surface area contributed by atoms with Gasteiger partial charge >= 0.3 is 88.8 Å². The fourth-order valence-corrected chi connectivity index (χ4v) is 0. The summed E-state index contributed by atoms with van der Waals surface area (Å²) in [5.74, 6) is 0. The zero-order chi connectivity index (χ0) is 4.50. The summed E-state index contributed by atoms with van der Waals surface area (Å²) in [5, 5.41) is 0. The Bertz CT molecular complexity index is 66.7. The molecule has 0 unspecified atom stereocenters. The van der Waals surface area contributed by atoms with Crippen LogP contribution in [0.15, 0.2) is 0 Å². The van der Waals surface area contributed by atoms with E-state index < -0.39 is 7.82 Å². The van der Waals surface area contributed by atoms with Crippen LogP contribution in [0.3, 0.4) is 0 Å². The van der Waals surface area contributed by atoms with E-state index in [0.717, 1.165) is 0 Å². The monoisotopic (exact) mass is 196 g/mol. The van der Waals surface area contributed by atoms with E-state index in [1.807, 2.05) is 0 Å². The van der Waals surface area contributed by atoms with Gasteiger partial charge in [0.1, 0.15) is 0 Å². The van der Waals surface area contributed by atoms with Crippen molar-refractivity contribution >= 4 is 7.82 Å². The summed E-state index contributed by atoms with van der Waals surface area (Å²) < 4.78 is 8.88. The van der Waals surface area contributed by atoms with E-state index >= 15 is 0 Å². The molecule has 0 aliphatic carbocycles. The number of rotatable bonds is 0. The van der Waals surface area contributed by atoms with Gasteiger partial charge in [-0.05, 0) is 0 Å². The van der Waals surface area contributed by atoms with Crippen LogP contribution in [0.5, 0.6) is 0 Å². The molecule has 0 rings (SSSR count). The van der Waals surface area contributed by atoms with Gasteiger partial charge in [-0.1, -0.05) is 0 Å². The third-order valence-corrected chi connectivity index (χ3v) is 0. The molecule has 0 aliphatic rings. The molecule has 0 atom stereocenters. The van der Waals surface area contributed by atoms with Gasteiger partial charge in [-0.2, -0.15) is 0 Å². The maximum absolute atomic E-state index is 8.88. The first-order chi connectivity index (χ1) is 2.00. The van der Waals surface area contributed by atoms with Crippen molar-refractivity contribution in [2.75, 3.05) is 0 Å². The van der Waals surface area contributed by atoms with Crippen molar-refractivity contribution in [3.8, 4) is 0 Å². The molecule has 0 saturated heterocycles. The maximum Gasteiger partial charge on any atom is 1.00 e. The predicted octanol–water partition coefficient (Wildman–Crippen LogP) is -9.80. The third kappa shape index (κ3) is 63.3. The molecule has 0 radical (unpaired) electrons. The summed E-state index contributed by atoms with van der Waals surface area (Å²) in [6.45, 7) is 0. The van der Waals surface area contributed by atoms with E-state index in [1.54, 1.807) is 0 Å². The molecule has 0 heterocycles. The molecule has 0 amide bonds. The average Bonchev–Trinajstić information content (AvgIpc) is 0.722. The van der Waals surface area contributed by atoms with Gasteiger partial charge in [0, 0.05) is 0 Å². The molecule has 8 heavy (non-hydrogen) atoms. The van der Waals surface area contributed by atoms with Crippen LogP contribution >= 0.6 is 7.82 Å². The largest absolute Gasteiger partial charge is 1.00 e. The molecule has 0 bridgehead atoms. The summed E-state index contributed by atoms with van der Waals surface area (Å²) in [6.07, 6.45) is 0. The normalized spacial score (nSPS) is 7.38. The van der Waals surface area contributed by atoms with Gasteiger partial charge < -0.3 is 28.5 Å². The van der Waals surface area contributed by atoms with Crippen LogP contribution in [0.1, 0.15) is 1.43 Å². The number of hydrogen-bond donors (Lipinski definition) is 3. The first-order valence-corrected chi connectivity index (χ1v) is 2.35. The second-order valence-electron chi connectivity index (χ2n) is 0.513. The van der Waals surface area contributed by atoms with Crippen LogP contribution in [0.25, 0.3) is 0 Å². The van der Waals surface area contributed by atoms with Crippen molar-refractivity contribution in [1.82, 2.24) is 0 Å². The van der Waals surface area contributed by atoms with Gasteiger partial charge in [-0.3, -0.25) is 0 Å². The summed E-state index contributed by atoms with van der Waals surface area (Å²) in [7, 11) is -4.64. The van der Waals surface area contributed by atoms with E-state index in [9.17, 15) is 0 Å². The summed E-state index contributed by atoms with van der Waals surface area (Å²) in [4.78, 5) is 21.6. The van der Waals surface area contributed by atoms with Crippen LogP contribution in [-0.4, -0.2) is 14.7 Å². The fourth-order valence-electron chi connectivity index (χ4n) is 0. The van der Waals surface area contributed by atoms with Gasteiger partial charge in [0.2, 0.25) is 0 Å². The minimum Gasteiger partial charge on any atom is -1.00 e. The van der Waals surface area contributed by atoms with E-state index in [-0.39, 0.29) is 94.8 Å².